The highest BCUT2D eigenvalue weighted by Gasteiger charge is 2.32. The zero-order chi connectivity index (χ0) is 19.8. The maximum absolute atomic E-state index is 12.3. The van der Waals surface area contributed by atoms with Crippen molar-refractivity contribution in [3.8, 4) is 5.75 Å². The second-order valence-electron chi connectivity index (χ2n) is 6.60. The summed E-state index contributed by atoms with van der Waals surface area (Å²) >= 11 is 0. The molecule has 0 bridgehead atoms. The monoisotopic (exact) mass is 381 g/mol. The summed E-state index contributed by atoms with van der Waals surface area (Å²) in [5.41, 5.74) is 0.0254. The van der Waals surface area contributed by atoms with Crippen LogP contribution in [0.4, 0.5) is 19.0 Å². The molecule has 1 aromatic carbocycles. The maximum atomic E-state index is 12.3. The number of aromatic nitrogens is 4. The van der Waals surface area contributed by atoms with Crippen LogP contribution < -0.4 is 10.1 Å². The van der Waals surface area contributed by atoms with E-state index < -0.39 is 18.0 Å². The summed E-state index contributed by atoms with van der Waals surface area (Å²) in [5, 5.41) is 17.9. The van der Waals surface area contributed by atoms with E-state index in [0.29, 0.717) is 22.9 Å². The van der Waals surface area contributed by atoms with Crippen molar-refractivity contribution in [1.82, 2.24) is 19.6 Å². The first-order valence-corrected chi connectivity index (χ1v) is 8.05. The number of hydrogen-bond acceptors (Lipinski definition) is 6. The molecule has 0 amide bonds. The van der Waals surface area contributed by atoms with Gasteiger partial charge in [-0.05, 0) is 38.5 Å². The first-order chi connectivity index (χ1) is 12.5. The third-order valence-corrected chi connectivity index (χ3v) is 3.83. The molecule has 2 N–H and O–H groups in total. The molecule has 7 nitrogen and oxygen atoms in total. The second kappa shape index (κ2) is 6.69. The van der Waals surface area contributed by atoms with Crippen molar-refractivity contribution in [2.75, 3.05) is 5.32 Å². The van der Waals surface area contributed by atoms with Gasteiger partial charge in [0.25, 0.3) is 5.78 Å². The number of rotatable bonds is 5. The highest BCUT2D eigenvalue weighted by Crippen LogP contribution is 2.32. The van der Waals surface area contributed by atoms with Crippen LogP contribution in [0, 0.1) is 6.92 Å². The normalized spacial score (nSPS) is 13.6. The maximum Gasteiger partial charge on any atom is 0.573 e. The first-order valence-electron chi connectivity index (χ1n) is 8.05. The Bertz CT molecular complexity index is 932. The van der Waals surface area contributed by atoms with Gasteiger partial charge in [-0.3, -0.25) is 0 Å². The topological polar surface area (TPSA) is 84.6 Å². The van der Waals surface area contributed by atoms with Gasteiger partial charge in [-0.1, -0.05) is 12.1 Å². The Balaban J connectivity index is 1.94. The Morgan fingerprint density at radius 3 is 2.44 bits per heavy atom. The predicted molar refractivity (Wildman–Crippen MR) is 91.3 cm³/mol. The molecule has 10 heteroatoms. The number of halogens is 3. The van der Waals surface area contributed by atoms with Crippen molar-refractivity contribution in [3.63, 3.8) is 0 Å². The van der Waals surface area contributed by atoms with Gasteiger partial charge in [-0.2, -0.15) is 14.6 Å². The molecule has 0 aliphatic heterocycles. The Hall–Kier alpha value is -2.88. The molecule has 27 heavy (non-hydrogen) atoms. The van der Waals surface area contributed by atoms with Gasteiger partial charge in [-0.15, -0.1) is 13.2 Å². The molecule has 3 aromatic rings. The molecule has 2 aromatic heterocycles. The van der Waals surface area contributed by atoms with Crippen molar-refractivity contribution in [2.24, 2.45) is 0 Å². The Morgan fingerprint density at radius 1 is 1.19 bits per heavy atom. The van der Waals surface area contributed by atoms with Crippen molar-refractivity contribution in [1.29, 1.82) is 0 Å². The zero-order valence-corrected chi connectivity index (χ0v) is 14.8. The number of aryl methyl sites for hydroxylation is 1. The fraction of sp³-hybridized carbons (Fsp3) is 0.353. The largest absolute Gasteiger partial charge is 0.573 e. The molecule has 0 unspecified atom stereocenters. The highest BCUT2D eigenvalue weighted by atomic mass is 19.4. The highest BCUT2D eigenvalue weighted by molar-refractivity contribution is 5.47. The van der Waals surface area contributed by atoms with Crippen LogP contribution in [-0.4, -0.2) is 36.7 Å². The van der Waals surface area contributed by atoms with E-state index in [1.54, 1.807) is 26.8 Å². The zero-order valence-electron chi connectivity index (χ0n) is 14.8. The van der Waals surface area contributed by atoms with Crippen LogP contribution >= 0.6 is 0 Å². The molecular formula is C17H18F3N5O2. The summed E-state index contributed by atoms with van der Waals surface area (Å²) < 4.78 is 42.4. The fourth-order valence-electron chi connectivity index (χ4n) is 2.71. The van der Waals surface area contributed by atoms with Gasteiger partial charge >= 0.3 is 6.36 Å². The molecule has 0 spiro atoms. The number of aliphatic hydroxyl groups is 1. The summed E-state index contributed by atoms with van der Waals surface area (Å²) in [6, 6.07) is 6.42. The van der Waals surface area contributed by atoms with Gasteiger partial charge < -0.3 is 15.2 Å². The third kappa shape index (κ3) is 4.45. The van der Waals surface area contributed by atoms with E-state index in [1.807, 2.05) is 0 Å². The predicted octanol–water partition coefficient (Wildman–Crippen LogP) is 3.26. The summed E-state index contributed by atoms with van der Waals surface area (Å²) in [7, 11) is 0. The standard InChI is InChI=1S/C17H18F3N5O2/c1-10-8-13(25-15(23-10)21-9-22-25)24-14(16(2,3)26)11-4-6-12(7-5-11)27-17(18,19)20/h4-9,14,24,26H,1-3H3/t14-/m1/s1. The Labute approximate surface area is 152 Å². The van der Waals surface area contributed by atoms with Gasteiger partial charge in [0.15, 0.2) is 0 Å². The molecule has 3 rings (SSSR count). The molecule has 1 atom stereocenters. The van der Waals surface area contributed by atoms with E-state index in [1.165, 1.54) is 35.1 Å². The minimum absolute atomic E-state index is 0.334. The van der Waals surface area contributed by atoms with Crippen molar-refractivity contribution >= 4 is 11.6 Å². The molecule has 144 valence electrons. The quantitative estimate of drug-likeness (QED) is 0.706. The number of hydrogen-bond donors (Lipinski definition) is 2. The molecule has 0 saturated heterocycles. The van der Waals surface area contributed by atoms with Crippen LogP contribution in [0.25, 0.3) is 5.78 Å². The van der Waals surface area contributed by atoms with E-state index in [2.05, 4.69) is 25.1 Å². The second-order valence-corrected chi connectivity index (χ2v) is 6.60. The summed E-state index contributed by atoms with van der Waals surface area (Å²) in [4.78, 5) is 8.29. The number of nitrogens with one attached hydrogen (secondary N) is 1. The van der Waals surface area contributed by atoms with Crippen LogP contribution in [-0.2, 0) is 0 Å². The van der Waals surface area contributed by atoms with E-state index in [0.717, 1.165) is 0 Å². The van der Waals surface area contributed by atoms with Gasteiger partial charge in [-0.25, -0.2) is 4.98 Å². The lowest BCUT2D eigenvalue weighted by atomic mass is 9.92. The van der Waals surface area contributed by atoms with E-state index in [4.69, 9.17) is 0 Å². The molecule has 0 radical (unpaired) electrons. The van der Waals surface area contributed by atoms with Crippen LogP contribution in [0.3, 0.4) is 0 Å². The lowest BCUT2D eigenvalue weighted by Gasteiger charge is -2.31. The van der Waals surface area contributed by atoms with E-state index in [9.17, 15) is 18.3 Å². The van der Waals surface area contributed by atoms with Gasteiger partial charge in [0.05, 0.1) is 11.6 Å². The number of alkyl halides is 3. The van der Waals surface area contributed by atoms with Crippen LogP contribution in [0.15, 0.2) is 36.7 Å². The van der Waals surface area contributed by atoms with Crippen LogP contribution in [0.1, 0.15) is 31.1 Å². The van der Waals surface area contributed by atoms with Gasteiger partial charge in [0, 0.05) is 11.8 Å². The van der Waals surface area contributed by atoms with Crippen molar-refractivity contribution < 1.29 is 23.0 Å². The number of ether oxygens (including phenoxy) is 1. The molecule has 0 saturated carbocycles. The number of anilines is 1. The molecular weight excluding hydrogens is 363 g/mol. The smallest absolute Gasteiger partial charge is 0.406 e. The summed E-state index contributed by atoms with van der Waals surface area (Å²) in [6.45, 7) is 4.98. The average Bonchev–Trinajstić information content (AvgIpc) is 2.99. The molecule has 0 aliphatic carbocycles. The third-order valence-electron chi connectivity index (χ3n) is 3.83. The minimum Gasteiger partial charge on any atom is -0.406 e. The summed E-state index contributed by atoms with van der Waals surface area (Å²) in [6.07, 6.45) is -3.40. The summed E-state index contributed by atoms with van der Waals surface area (Å²) in [5.74, 6) is 0.595. The molecule has 0 aliphatic rings. The average molecular weight is 381 g/mol. The van der Waals surface area contributed by atoms with Crippen LogP contribution in [0.2, 0.25) is 0 Å². The number of fused-ring (bicyclic) bond motifs is 1. The van der Waals surface area contributed by atoms with Crippen LogP contribution in [0.5, 0.6) is 5.75 Å². The lowest BCUT2D eigenvalue weighted by Crippen LogP contribution is -2.35. The van der Waals surface area contributed by atoms with Crippen molar-refractivity contribution in [3.05, 3.63) is 47.9 Å². The Kier molecular flexibility index (Phi) is 4.68. The number of benzene rings is 1. The van der Waals surface area contributed by atoms with Gasteiger partial charge in [0.2, 0.25) is 0 Å². The van der Waals surface area contributed by atoms with Crippen molar-refractivity contribution in [2.45, 2.75) is 38.8 Å². The van der Waals surface area contributed by atoms with E-state index >= 15 is 0 Å². The fourth-order valence-corrected chi connectivity index (χ4v) is 2.71. The van der Waals surface area contributed by atoms with Gasteiger partial charge in [0.1, 0.15) is 17.9 Å². The Morgan fingerprint density at radius 2 is 1.85 bits per heavy atom. The molecule has 2 heterocycles. The molecule has 0 fully saturated rings. The lowest BCUT2D eigenvalue weighted by molar-refractivity contribution is -0.274. The SMILES string of the molecule is Cc1cc(N[C@H](c2ccc(OC(F)(F)F)cc2)C(C)(C)O)n2ncnc2n1. The minimum atomic E-state index is -4.76. The van der Waals surface area contributed by atoms with E-state index in [-0.39, 0.29) is 5.75 Å². The first kappa shape index (κ1) is 18.9. The number of nitrogens with zero attached hydrogens (tertiary/aromatic N) is 4.